The van der Waals surface area contributed by atoms with Crippen molar-refractivity contribution in [2.45, 2.75) is 30.2 Å². The van der Waals surface area contributed by atoms with Crippen LogP contribution in [0.3, 0.4) is 0 Å². The maximum atomic E-state index is 5.86. The average Bonchev–Trinajstić information content (AvgIpc) is 1.77. The third-order valence-corrected chi connectivity index (χ3v) is 2.61. The van der Waals surface area contributed by atoms with Gasteiger partial charge in [-0.2, -0.15) is 0 Å². The third kappa shape index (κ3) is 1.73. The van der Waals surface area contributed by atoms with Gasteiger partial charge in [0.2, 0.25) is 0 Å². The monoisotopic (exact) mass is 168 g/mol. The van der Waals surface area contributed by atoms with Crippen molar-refractivity contribution in [3.63, 3.8) is 0 Å². The standard InChI is InChI=1S/C6H10Cl2O/c1-5-6(7,8)3-2-4-9-5/h5H,2-4H2,1H3. The van der Waals surface area contributed by atoms with E-state index in [1.165, 1.54) is 0 Å². The van der Waals surface area contributed by atoms with Crippen molar-refractivity contribution in [2.75, 3.05) is 6.61 Å². The molecule has 0 aromatic carbocycles. The van der Waals surface area contributed by atoms with Crippen LogP contribution in [0.25, 0.3) is 0 Å². The van der Waals surface area contributed by atoms with Crippen LogP contribution in [0.5, 0.6) is 0 Å². The van der Waals surface area contributed by atoms with Gasteiger partial charge in [-0.1, -0.05) is 23.2 Å². The Morgan fingerprint density at radius 1 is 1.56 bits per heavy atom. The highest BCUT2D eigenvalue weighted by molar-refractivity contribution is 6.48. The minimum atomic E-state index is -0.641. The molecule has 1 nitrogen and oxygen atoms in total. The lowest BCUT2D eigenvalue weighted by molar-refractivity contribution is 0.0211. The van der Waals surface area contributed by atoms with Gasteiger partial charge in [0.15, 0.2) is 0 Å². The van der Waals surface area contributed by atoms with Crippen LogP contribution in [-0.2, 0) is 4.74 Å². The minimum absolute atomic E-state index is 0.0189. The molecule has 1 atom stereocenters. The summed E-state index contributed by atoms with van der Waals surface area (Å²) in [5.41, 5.74) is 0. The van der Waals surface area contributed by atoms with Crippen LogP contribution in [-0.4, -0.2) is 17.0 Å². The molecule has 0 spiro atoms. The summed E-state index contributed by atoms with van der Waals surface area (Å²) < 4.78 is 4.59. The van der Waals surface area contributed by atoms with Gasteiger partial charge in [-0.15, -0.1) is 0 Å². The van der Waals surface area contributed by atoms with E-state index in [-0.39, 0.29) is 6.10 Å². The van der Waals surface area contributed by atoms with Crippen LogP contribution in [0.2, 0.25) is 0 Å². The maximum absolute atomic E-state index is 5.86. The van der Waals surface area contributed by atoms with Crippen molar-refractivity contribution in [1.29, 1.82) is 0 Å². The van der Waals surface area contributed by atoms with Gasteiger partial charge < -0.3 is 4.74 Å². The minimum Gasteiger partial charge on any atom is -0.375 e. The molecule has 0 radical (unpaired) electrons. The number of hydrogen-bond acceptors (Lipinski definition) is 1. The second-order valence-corrected chi connectivity index (χ2v) is 3.92. The van der Waals surface area contributed by atoms with Crippen LogP contribution < -0.4 is 0 Å². The summed E-state index contributed by atoms with van der Waals surface area (Å²) in [4.78, 5) is 0. The predicted octanol–water partition coefficient (Wildman–Crippen LogP) is 2.36. The molecule has 54 valence electrons. The Morgan fingerprint density at radius 2 is 2.22 bits per heavy atom. The van der Waals surface area contributed by atoms with Crippen molar-refractivity contribution < 1.29 is 4.74 Å². The first-order valence-electron chi connectivity index (χ1n) is 3.12. The molecule has 1 fully saturated rings. The Balaban J connectivity index is 2.49. The lowest BCUT2D eigenvalue weighted by Gasteiger charge is -2.31. The number of alkyl halides is 2. The van der Waals surface area contributed by atoms with E-state index in [1.807, 2.05) is 6.92 Å². The molecule has 0 saturated carbocycles. The number of ether oxygens (including phenoxy) is 1. The average molecular weight is 169 g/mol. The summed E-state index contributed by atoms with van der Waals surface area (Å²) in [6.07, 6.45) is 1.80. The normalized spacial score (nSPS) is 34.3. The van der Waals surface area contributed by atoms with Crippen molar-refractivity contribution in [2.24, 2.45) is 0 Å². The summed E-state index contributed by atoms with van der Waals surface area (Å²) in [6, 6.07) is 0. The molecule has 9 heavy (non-hydrogen) atoms. The second kappa shape index (κ2) is 2.65. The fourth-order valence-electron chi connectivity index (χ4n) is 0.893. The summed E-state index contributed by atoms with van der Waals surface area (Å²) in [6.45, 7) is 2.70. The highest BCUT2D eigenvalue weighted by Crippen LogP contribution is 2.35. The van der Waals surface area contributed by atoms with E-state index in [2.05, 4.69) is 0 Å². The molecule has 0 aliphatic carbocycles. The first kappa shape index (κ1) is 7.64. The van der Waals surface area contributed by atoms with E-state index < -0.39 is 4.33 Å². The number of halogens is 2. The lowest BCUT2D eigenvalue weighted by Crippen LogP contribution is -2.35. The number of rotatable bonds is 0. The zero-order valence-electron chi connectivity index (χ0n) is 5.36. The second-order valence-electron chi connectivity index (χ2n) is 2.38. The molecule has 1 aliphatic heterocycles. The van der Waals surface area contributed by atoms with Crippen LogP contribution in [0.15, 0.2) is 0 Å². The lowest BCUT2D eigenvalue weighted by atomic mass is 10.1. The maximum Gasteiger partial charge on any atom is 0.144 e. The first-order chi connectivity index (χ1) is 4.13. The Hall–Kier alpha value is 0.540. The zero-order valence-corrected chi connectivity index (χ0v) is 6.87. The predicted molar refractivity (Wildman–Crippen MR) is 39.1 cm³/mol. The Kier molecular flexibility index (Phi) is 2.25. The SMILES string of the molecule is CC1OCCCC1(Cl)Cl. The van der Waals surface area contributed by atoms with Crippen molar-refractivity contribution in [3.8, 4) is 0 Å². The Labute approximate surface area is 65.3 Å². The van der Waals surface area contributed by atoms with Gasteiger partial charge in [0.25, 0.3) is 0 Å². The Bertz CT molecular complexity index is 103. The molecule has 1 saturated heterocycles. The molecule has 0 bridgehead atoms. The molecule has 0 aromatic heterocycles. The first-order valence-corrected chi connectivity index (χ1v) is 3.88. The fourth-order valence-corrected chi connectivity index (χ4v) is 1.29. The molecule has 1 aliphatic rings. The van der Waals surface area contributed by atoms with Crippen molar-refractivity contribution >= 4 is 23.2 Å². The number of hydrogen-bond donors (Lipinski definition) is 0. The van der Waals surface area contributed by atoms with E-state index in [0.717, 1.165) is 19.4 Å². The zero-order chi connectivity index (χ0) is 6.91. The topological polar surface area (TPSA) is 9.23 Å². The summed E-state index contributed by atoms with van der Waals surface area (Å²) >= 11 is 11.7. The third-order valence-electron chi connectivity index (χ3n) is 1.62. The van der Waals surface area contributed by atoms with Gasteiger partial charge in [0.05, 0.1) is 6.10 Å². The van der Waals surface area contributed by atoms with Crippen LogP contribution in [0, 0.1) is 0 Å². The van der Waals surface area contributed by atoms with Gasteiger partial charge in [0.1, 0.15) is 4.33 Å². The van der Waals surface area contributed by atoms with Gasteiger partial charge in [-0.05, 0) is 19.8 Å². The van der Waals surface area contributed by atoms with E-state index in [1.54, 1.807) is 0 Å². The van der Waals surface area contributed by atoms with Crippen LogP contribution >= 0.6 is 23.2 Å². The van der Waals surface area contributed by atoms with E-state index in [4.69, 9.17) is 27.9 Å². The van der Waals surface area contributed by atoms with E-state index >= 15 is 0 Å². The van der Waals surface area contributed by atoms with Gasteiger partial charge in [-0.25, -0.2) is 0 Å². The molecular formula is C6H10Cl2O. The quantitative estimate of drug-likeness (QED) is 0.505. The molecule has 1 heterocycles. The molecule has 1 rings (SSSR count). The van der Waals surface area contributed by atoms with Crippen LogP contribution in [0.1, 0.15) is 19.8 Å². The van der Waals surface area contributed by atoms with Crippen molar-refractivity contribution in [3.05, 3.63) is 0 Å². The summed E-state index contributed by atoms with van der Waals surface area (Å²) in [5.74, 6) is 0. The summed E-state index contributed by atoms with van der Waals surface area (Å²) in [7, 11) is 0. The molecule has 0 N–H and O–H groups in total. The highest BCUT2D eigenvalue weighted by atomic mass is 35.5. The van der Waals surface area contributed by atoms with E-state index in [9.17, 15) is 0 Å². The largest absolute Gasteiger partial charge is 0.375 e. The molecular weight excluding hydrogens is 159 g/mol. The van der Waals surface area contributed by atoms with Crippen LogP contribution in [0.4, 0.5) is 0 Å². The summed E-state index contributed by atoms with van der Waals surface area (Å²) in [5, 5.41) is 0. The molecule has 0 amide bonds. The molecule has 1 unspecified atom stereocenters. The molecule has 3 heteroatoms. The molecule has 0 aromatic rings. The van der Waals surface area contributed by atoms with Gasteiger partial charge in [0, 0.05) is 6.61 Å². The van der Waals surface area contributed by atoms with Crippen molar-refractivity contribution in [1.82, 2.24) is 0 Å². The fraction of sp³-hybridized carbons (Fsp3) is 1.00. The Morgan fingerprint density at radius 3 is 2.56 bits per heavy atom. The van der Waals surface area contributed by atoms with E-state index in [0.29, 0.717) is 0 Å². The smallest absolute Gasteiger partial charge is 0.144 e. The van der Waals surface area contributed by atoms with Gasteiger partial charge in [-0.3, -0.25) is 0 Å². The van der Waals surface area contributed by atoms with Gasteiger partial charge >= 0.3 is 0 Å². The highest BCUT2D eigenvalue weighted by Gasteiger charge is 2.34.